The Morgan fingerprint density at radius 1 is 0.976 bits per heavy atom. The van der Waals surface area contributed by atoms with Crippen LogP contribution in [0.4, 0.5) is 5.69 Å². The number of esters is 1. The standard InChI is InChI=1S/C30H34N2O8S/c1-32(2)21-11-8-10-20(17-21)9-4-3-7-15-30-27-23(22-12-5-6-13-24(22)31-27)14-16-41(30,37)39-26(34)19-29(36,28(35)40-41)18-25(33)38-30/h5-6,8,10-13,17,31,36H,3-4,7,9,14-16,18-19H2,1-2H3. The van der Waals surface area contributed by atoms with Gasteiger partial charge in [0, 0.05) is 37.1 Å². The van der Waals surface area contributed by atoms with Crippen molar-refractivity contribution in [2.45, 2.75) is 61.9 Å². The summed E-state index contributed by atoms with van der Waals surface area (Å²) >= 11 is 0. The third-order valence-electron chi connectivity index (χ3n) is 8.47. The first-order chi connectivity index (χ1) is 19.5. The van der Waals surface area contributed by atoms with Gasteiger partial charge in [0.15, 0.2) is 5.60 Å². The summed E-state index contributed by atoms with van der Waals surface area (Å²) in [7, 11) is -1.35. The minimum atomic E-state index is -5.33. The van der Waals surface area contributed by atoms with Gasteiger partial charge < -0.3 is 28.1 Å². The van der Waals surface area contributed by atoms with Crippen molar-refractivity contribution in [3.63, 3.8) is 0 Å². The van der Waals surface area contributed by atoms with Crippen molar-refractivity contribution in [2.24, 2.45) is 0 Å². The van der Waals surface area contributed by atoms with E-state index in [2.05, 4.69) is 17.1 Å². The first-order valence-corrected chi connectivity index (χ1v) is 15.9. The molecular weight excluding hydrogens is 548 g/mol. The van der Waals surface area contributed by atoms with Crippen molar-refractivity contribution in [3.8, 4) is 0 Å². The molecule has 2 bridgehead atoms. The Labute approximate surface area is 237 Å². The van der Waals surface area contributed by atoms with E-state index in [0.29, 0.717) is 18.5 Å². The molecular formula is C30H34N2O8S. The van der Waals surface area contributed by atoms with E-state index < -0.39 is 50.9 Å². The van der Waals surface area contributed by atoms with E-state index in [-0.39, 0.29) is 18.6 Å². The molecule has 0 amide bonds. The molecule has 3 aliphatic heterocycles. The number of rotatable bonds is 7. The minimum Gasteiger partial charge on any atom is -0.434 e. The number of nitrogens with zero attached hydrogens (tertiary/aromatic N) is 1. The summed E-state index contributed by atoms with van der Waals surface area (Å²) in [6.45, 7) is 0. The number of anilines is 1. The predicted octanol–water partition coefficient (Wildman–Crippen LogP) is 3.56. The second-order valence-electron chi connectivity index (χ2n) is 11.5. The molecule has 0 aliphatic carbocycles. The molecule has 2 unspecified atom stereocenters. The van der Waals surface area contributed by atoms with E-state index in [1.54, 1.807) is 0 Å². The molecule has 1 aromatic heterocycles. The molecule has 3 aromatic rings. The number of aromatic amines is 1. The third kappa shape index (κ3) is 4.25. The van der Waals surface area contributed by atoms with Gasteiger partial charge in [-0.1, -0.05) is 36.8 Å². The van der Waals surface area contributed by atoms with E-state index >= 15 is 4.21 Å². The Morgan fingerprint density at radius 3 is 2.56 bits per heavy atom. The monoisotopic (exact) mass is 582 g/mol. The summed E-state index contributed by atoms with van der Waals surface area (Å²) in [5.41, 5.74) is 1.57. The number of carbonyl (C=O) groups is 3. The molecule has 2 fully saturated rings. The SMILES string of the molecule is CN(C)c1cccc(CCCCCC23OC(=O)CC4(O)CC(=O)OS2(=O)(CCc2c3[nH]c3ccccc23)OC4=O)c1. The van der Waals surface area contributed by atoms with E-state index in [1.165, 1.54) is 5.56 Å². The van der Waals surface area contributed by atoms with Crippen molar-refractivity contribution in [1.29, 1.82) is 0 Å². The second-order valence-corrected chi connectivity index (χ2v) is 14.8. The van der Waals surface area contributed by atoms with Gasteiger partial charge >= 0.3 is 17.9 Å². The first-order valence-electron chi connectivity index (χ1n) is 13.9. The number of para-hydroxylation sites is 1. The lowest BCUT2D eigenvalue weighted by molar-refractivity contribution is -0.175. The average molecular weight is 583 g/mol. The molecule has 2 atom stereocenters. The molecule has 6 rings (SSSR count). The van der Waals surface area contributed by atoms with E-state index in [1.807, 2.05) is 55.4 Å². The molecule has 1 spiro atoms. The molecule has 0 saturated carbocycles. The number of carbonyl (C=O) groups excluding carboxylic acids is 3. The summed E-state index contributed by atoms with van der Waals surface area (Å²) in [4.78, 5) is 42.8. The van der Waals surface area contributed by atoms with Gasteiger partial charge in [0.1, 0.15) is 0 Å². The van der Waals surface area contributed by atoms with Crippen LogP contribution >= 0.6 is 0 Å². The molecule has 218 valence electrons. The maximum Gasteiger partial charge on any atom is 0.354 e. The zero-order chi connectivity index (χ0) is 29.1. The number of nitrogens with one attached hydrogen (secondary N) is 1. The van der Waals surface area contributed by atoms with Crippen LogP contribution in [0.1, 0.15) is 55.3 Å². The van der Waals surface area contributed by atoms with Crippen molar-refractivity contribution in [2.75, 3.05) is 24.7 Å². The molecule has 3 aliphatic rings. The molecule has 11 heteroatoms. The largest absolute Gasteiger partial charge is 0.434 e. The van der Waals surface area contributed by atoms with Crippen LogP contribution in [0.5, 0.6) is 0 Å². The van der Waals surface area contributed by atoms with Crippen molar-refractivity contribution < 1.29 is 36.8 Å². The summed E-state index contributed by atoms with van der Waals surface area (Å²) in [6, 6.07) is 15.7. The highest BCUT2D eigenvalue weighted by Gasteiger charge is 2.73. The maximum absolute atomic E-state index is 15.3. The highest BCUT2D eigenvalue weighted by molar-refractivity contribution is 8.13. The first kappa shape index (κ1) is 27.5. The summed E-state index contributed by atoms with van der Waals surface area (Å²) in [6.07, 6.45) is 1.18. The lowest BCUT2D eigenvalue weighted by atomic mass is 9.95. The summed E-state index contributed by atoms with van der Waals surface area (Å²) in [5.74, 6) is -3.70. The Kier molecular flexibility index (Phi) is 6.31. The van der Waals surface area contributed by atoms with E-state index in [9.17, 15) is 19.5 Å². The number of aromatic nitrogens is 1. The summed E-state index contributed by atoms with van der Waals surface area (Å²) < 4.78 is 32.7. The zero-order valence-corrected chi connectivity index (χ0v) is 24.0. The van der Waals surface area contributed by atoms with E-state index in [4.69, 9.17) is 13.1 Å². The molecule has 4 heterocycles. The van der Waals surface area contributed by atoms with Crippen molar-refractivity contribution in [1.82, 2.24) is 4.98 Å². The molecule has 0 radical (unpaired) electrons. The van der Waals surface area contributed by atoms with Gasteiger partial charge in [-0.3, -0.25) is 9.59 Å². The van der Waals surface area contributed by atoms with Gasteiger partial charge in [0.2, 0.25) is 9.63 Å². The van der Waals surface area contributed by atoms with Gasteiger partial charge in [-0.25, -0.2) is 9.00 Å². The number of ether oxygens (including phenoxy) is 1. The van der Waals surface area contributed by atoms with Gasteiger partial charge in [-0.2, -0.15) is 0 Å². The van der Waals surface area contributed by atoms with Crippen LogP contribution in [-0.4, -0.2) is 57.7 Å². The Hall–Kier alpha value is -3.70. The minimum absolute atomic E-state index is 0.0132. The number of unbranched alkanes of at least 4 members (excludes halogenated alkanes) is 2. The number of fused-ring (bicyclic) bond motifs is 6. The fourth-order valence-corrected chi connectivity index (χ4v) is 9.98. The highest BCUT2D eigenvalue weighted by atomic mass is 32.3. The zero-order valence-electron chi connectivity index (χ0n) is 23.1. The van der Waals surface area contributed by atoms with Crippen LogP contribution < -0.4 is 4.90 Å². The molecule has 41 heavy (non-hydrogen) atoms. The fourth-order valence-electron chi connectivity index (χ4n) is 6.37. The highest BCUT2D eigenvalue weighted by Crippen LogP contribution is 2.60. The molecule has 2 saturated heterocycles. The van der Waals surface area contributed by atoms with Gasteiger partial charge in [-0.05, 0) is 55.0 Å². The smallest absolute Gasteiger partial charge is 0.354 e. The van der Waals surface area contributed by atoms with Crippen molar-refractivity contribution >= 4 is 44.1 Å². The number of aliphatic hydroxyl groups is 1. The quantitative estimate of drug-likeness (QED) is 0.317. The number of benzene rings is 2. The van der Waals surface area contributed by atoms with Gasteiger partial charge in [0.25, 0.3) is 4.93 Å². The fraction of sp³-hybridized carbons (Fsp3) is 0.433. The normalized spacial score (nSPS) is 27.1. The lowest BCUT2D eigenvalue weighted by Crippen LogP contribution is -2.65. The number of hydrogen-bond acceptors (Lipinski definition) is 9. The van der Waals surface area contributed by atoms with Crippen molar-refractivity contribution in [3.05, 3.63) is 65.4 Å². The number of H-pyrrole nitrogens is 1. The maximum atomic E-state index is 15.3. The second kappa shape index (κ2) is 9.42. The van der Waals surface area contributed by atoms with E-state index in [0.717, 1.165) is 35.0 Å². The number of aryl methyl sites for hydroxylation is 2. The van der Waals surface area contributed by atoms with Gasteiger partial charge in [0.05, 0.1) is 24.3 Å². The van der Waals surface area contributed by atoms with Crippen LogP contribution in [0.25, 0.3) is 10.9 Å². The third-order valence-corrected chi connectivity index (χ3v) is 12.2. The van der Waals surface area contributed by atoms with Gasteiger partial charge in [-0.15, -0.1) is 0 Å². The Bertz CT molecular complexity index is 1650. The molecule has 10 nitrogen and oxygen atoms in total. The van der Waals surface area contributed by atoms with Crippen LogP contribution in [-0.2, 0) is 54.9 Å². The topological polar surface area (TPSA) is 135 Å². The van der Waals surface area contributed by atoms with Crippen LogP contribution in [0.3, 0.4) is 0 Å². The number of hydrogen-bond donors (Lipinski definition) is 2. The van der Waals surface area contributed by atoms with Crippen LogP contribution in [0.2, 0.25) is 0 Å². The molecule has 2 N–H and O–H groups in total. The average Bonchev–Trinajstić information content (AvgIpc) is 3.27. The molecule has 2 aromatic carbocycles. The summed E-state index contributed by atoms with van der Waals surface area (Å²) in [5, 5.41) is 11.8. The van der Waals surface area contributed by atoms with Crippen LogP contribution in [0.15, 0.2) is 48.5 Å². The Morgan fingerprint density at radius 2 is 1.76 bits per heavy atom. The van der Waals surface area contributed by atoms with Crippen LogP contribution in [0, 0.1) is 0 Å². The predicted molar refractivity (Wildman–Crippen MR) is 152 cm³/mol. The lowest BCUT2D eigenvalue weighted by Gasteiger charge is -2.54. The Balaban J connectivity index is 1.39.